The van der Waals surface area contributed by atoms with Crippen molar-refractivity contribution in [3.8, 4) is 0 Å². The normalized spacial score (nSPS) is 18.3. The van der Waals surface area contributed by atoms with E-state index in [9.17, 15) is 9.90 Å². The van der Waals surface area contributed by atoms with E-state index in [1.807, 2.05) is 6.92 Å². The molecule has 1 aliphatic rings. The van der Waals surface area contributed by atoms with Crippen LogP contribution in [0.25, 0.3) is 0 Å². The number of rotatable bonds is 4. The fraction of sp³-hybridized carbons (Fsp3) is 0.714. The van der Waals surface area contributed by atoms with E-state index in [0.717, 1.165) is 31.4 Å². The van der Waals surface area contributed by atoms with Gasteiger partial charge in [-0.3, -0.25) is 9.48 Å². The first-order valence-corrected chi connectivity index (χ1v) is 6.96. The lowest BCUT2D eigenvalue weighted by atomic mass is 9.74. The first-order valence-electron chi connectivity index (χ1n) is 6.96. The van der Waals surface area contributed by atoms with Gasteiger partial charge in [0.15, 0.2) is 0 Å². The van der Waals surface area contributed by atoms with E-state index in [2.05, 4.69) is 10.4 Å². The fourth-order valence-corrected chi connectivity index (χ4v) is 2.88. The van der Waals surface area contributed by atoms with Gasteiger partial charge in [-0.15, -0.1) is 0 Å². The lowest BCUT2D eigenvalue weighted by Crippen LogP contribution is -2.41. The Bertz CT molecular complexity index is 448. The number of hydrogen-bond donors (Lipinski definition) is 2. The fourth-order valence-electron chi connectivity index (χ4n) is 2.88. The maximum Gasteiger partial charge on any atom is 0.254 e. The molecule has 0 radical (unpaired) electrons. The van der Waals surface area contributed by atoms with E-state index >= 15 is 0 Å². The molecule has 0 aromatic carbocycles. The quantitative estimate of drug-likeness (QED) is 0.864. The number of aliphatic hydroxyl groups excluding tert-OH is 1. The number of carbonyl (C=O) groups excluding carboxylic acids is 1. The summed E-state index contributed by atoms with van der Waals surface area (Å²) in [6, 6.07) is 0. The highest BCUT2D eigenvalue weighted by Gasteiger charge is 2.32. The molecule has 1 heterocycles. The highest BCUT2D eigenvalue weighted by molar-refractivity contribution is 5.95. The zero-order valence-electron chi connectivity index (χ0n) is 11.8. The minimum absolute atomic E-state index is 0.0935. The lowest BCUT2D eigenvalue weighted by molar-refractivity contribution is 0.0717. The molecule has 2 N–H and O–H groups in total. The third-order valence-electron chi connectivity index (χ3n) is 4.13. The van der Waals surface area contributed by atoms with Crippen LogP contribution in [0.3, 0.4) is 0 Å². The van der Waals surface area contributed by atoms with Crippen LogP contribution in [0.4, 0.5) is 0 Å². The average Bonchev–Trinajstić information content (AvgIpc) is 2.76. The largest absolute Gasteiger partial charge is 0.396 e. The summed E-state index contributed by atoms with van der Waals surface area (Å²) in [6.07, 6.45) is 7.24. The molecule has 1 aliphatic carbocycles. The molecule has 2 rings (SSSR count). The second-order valence-corrected chi connectivity index (χ2v) is 5.70. The third kappa shape index (κ3) is 3.15. The first kappa shape index (κ1) is 14.1. The Morgan fingerprint density at radius 3 is 2.68 bits per heavy atom. The molecular weight excluding hydrogens is 242 g/mol. The second kappa shape index (κ2) is 5.74. The van der Waals surface area contributed by atoms with Crippen LogP contribution in [0.15, 0.2) is 6.20 Å². The number of nitrogens with one attached hydrogen (secondary N) is 1. The SMILES string of the molecule is Cc1nn(C)cc1C(=O)NCC1(CO)CCCCC1. The zero-order valence-corrected chi connectivity index (χ0v) is 11.8. The first-order chi connectivity index (χ1) is 9.06. The van der Waals surface area contributed by atoms with E-state index in [-0.39, 0.29) is 17.9 Å². The monoisotopic (exact) mass is 265 g/mol. The van der Waals surface area contributed by atoms with Gasteiger partial charge in [-0.1, -0.05) is 19.3 Å². The molecular formula is C14H23N3O2. The van der Waals surface area contributed by atoms with Crippen molar-refractivity contribution < 1.29 is 9.90 Å². The number of aliphatic hydroxyl groups is 1. The van der Waals surface area contributed by atoms with Gasteiger partial charge < -0.3 is 10.4 Å². The minimum Gasteiger partial charge on any atom is -0.396 e. The molecule has 0 unspecified atom stereocenters. The highest BCUT2D eigenvalue weighted by atomic mass is 16.3. The van der Waals surface area contributed by atoms with Crippen LogP contribution in [0.1, 0.15) is 48.2 Å². The van der Waals surface area contributed by atoms with E-state index < -0.39 is 0 Å². The molecule has 1 aromatic heterocycles. The van der Waals surface area contributed by atoms with Gasteiger partial charge >= 0.3 is 0 Å². The summed E-state index contributed by atoms with van der Waals surface area (Å²) in [5.74, 6) is -0.0935. The third-order valence-corrected chi connectivity index (χ3v) is 4.13. The summed E-state index contributed by atoms with van der Waals surface area (Å²) >= 11 is 0. The lowest BCUT2D eigenvalue weighted by Gasteiger charge is -2.35. The van der Waals surface area contributed by atoms with Crippen LogP contribution in [-0.2, 0) is 7.05 Å². The molecule has 19 heavy (non-hydrogen) atoms. The molecule has 0 bridgehead atoms. The molecule has 1 fully saturated rings. The van der Waals surface area contributed by atoms with Crippen molar-refractivity contribution in [1.82, 2.24) is 15.1 Å². The molecule has 0 spiro atoms. The number of carbonyl (C=O) groups is 1. The minimum atomic E-state index is -0.121. The van der Waals surface area contributed by atoms with Crippen LogP contribution < -0.4 is 5.32 Å². The van der Waals surface area contributed by atoms with Crippen LogP contribution in [0.2, 0.25) is 0 Å². The predicted molar refractivity (Wildman–Crippen MR) is 72.9 cm³/mol. The van der Waals surface area contributed by atoms with Crippen molar-refractivity contribution in [2.24, 2.45) is 12.5 Å². The van der Waals surface area contributed by atoms with Crippen LogP contribution >= 0.6 is 0 Å². The van der Waals surface area contributed by atoms with Gasteiger partial charge in [0.2, 0.25) is 0 Å². The molecule has 106 valence electrons. The Labute approximate surface area is 114 Å². The summed E-state index contributed by atoms with van der Waals surface area (Å²) in [5.41, 5.74) is 1.23. The Balaban J connectivity index is 1.97. The topological polar surface area (TPSA) is 67.2 Å². The van der Waals surface area contributed by atoms with Crippen molar-refractivity contribution in [2.45, 2.75) is 39.0 Å². The number of amides is 1. The van der Waals surface area contributed by atoms with E-state index in [1.54, 1.807) is 17.9 Å². The standard InChI is InChI=1S/C14H23N3O2/c1-11-12(8-17(2)16-11)13(19)15-9-14(10-18)6-4-3-5-7-14/h8,18H,3-7,9-10H2,1-2H3,(H,15,19). The Kier molecular flexibility index (Phi) is 4.24. The maximum atomic E-state index is 12.1. The van der Waals surface area contributed by atoms with Crippen molar-refractivity contribution in [3.05, 3.63) is 17.5 Å². The Morgan fingerprint density at radius 1 is 1.47 bits per heavy atom. The highest BCUT2D eigenvalue weighted by Crippen LogP contribution is 2.35. The molecule has 0 aliphatic heterocycles. The summed E-state index contributed by atoms with van der Waals surface area (Å²) < 4.78 is 1.65. The molecule has 5 nitrogen and oxygen atoms in total. The van der Waals surface area contributed by atoms with E-state index in [1.165, 1.54) is 6.42 Å². The van der Waals surface area contributed by atoms with Gasteiger partial charge in [-0.2, -0.15) is 5.10 Å². The van der Waals surface area contributed by atoms with E-state index in [0.29, 0.717) is 12.1 Å². The second-order valence-electron chi connectivity index (χ2n) is 5.70. The van der Waals surface area contributed by atoms with Gasteiger partial charge in [0.1, 0.15) is 0 Å². The van der Waals surface area contributed by atoms with Crippen molar-refractivity contribution >= 4 is 5.91 Å². The van der Waals surface area contributed by atoms with Crippen molar-refractivity contribution in [3.63, 3.8) is 0 Å². The van der Waals surface area contributed by atoms with Gasteiger partial charge in [-0.05, 0) is 19.8 Å². The molecule has 1 amide bonds. The number of aromatic nitrogens is 2. The van der Waals surface area contributed by atoms with Crippen molar-refractivity contribution in [1.29, 1.82) is 0 Å². The van der Waals surface area contributed by atoms with Gasteiger partial charge in [0.05, 0.1) is 17.9 Å². The smallest absolute Gasteiger partial charge is 0.254 e. The average molecular weight is 265 g/mol. The molecule has 0 atom stereocenters. The Hall–Kier alpha value is -1.36. The molecule has 0 saturated heterocycles. The van der Waals surface area contributed by atoms with Crippen LogP contribution in [-0.4, -0.2) is 33.9 Å². The van der Waals surface area contributed by atoms with Crippen LogP contribution in [0, 0.1) is 12.3 Å². The maximum absolute atomic E-state index is 12.1. The Morgan fingerprint density at radius 2 is 2.16 bits per heavy atom. The summed E-state index contributed by atoms with van der Waals surface area (Å²) in [5, 5.41) is 16.7. The van der Waals surface area contributed by atoms with Crippen LogP contribution in [0.5, 0.6) is 0 Å². The van der Waals surface area contributed by atoms with Crippen molar-refractivity contribution in [2.75, 3.05) is 13.2 Å². The number of nitrogens with zero attached hydrogens (tertiary/aromatic N) is 2. The summed E-state index contributed by atoms with van der Waals surface area (Å²) in [4.78, 5) is 12.1. The summed E-state index contributed by atoms with van der Waals surface area (Å²) in [6.45, 7) is 2.54. The van der Waals surface area contributed by atoms with Gasteiger partial charge in [0.25, 0.3) is 5.91 Å². The number of hydrogen-bond acceptors (Lipinski definition) is 3. The predicted octanol–water partition coefficient (Wildman–Crippen LogP) is 1.40. The molecule has 1 aromatic rings. The number of aryl methyl sites for hydroxylation is 2. The van der Waals surface area contributed by atoms with Gasteiger partial charge in [0, 0.05) is 25.2 Å². The van der Waals surface area contributed by atoms with Gasteiger partial charge in [-0.25, -0.2) is 0 Å². The molecule has 5 heteroatoms. The van der Waals surface area contributed by atoms with E-state index in [4.69, 9.17) is 0 Å². The summed E-state index contributed by atoms with van der Waals surface area (Å²) in [7, 11) is 1.81. The zero-order chi connectivity index (χ0) is 13.9. The molecule has 1 saturated carbocycles.